The molecule has 2 aromatic rings. The zero-order valence-corrected chi connectivity index (χ0v) is 15.6. The molecular weight excluding hydrogens is 344 g/mol. The molecule has 0 aromatic heterocycles. The van der Waals surface area contributed by atoms with E-state index < -0.39 is 6.10 Å². The number of anilines is 1. The van der Waals surface area contributed by atoms with Crippen LogP contribution in [0.5, 0.6) is 11.5 Å². The molecule has 3 rings (SSSR count). The summed E-state index contributed by atoms with van der Waals surface area (Å²) >= 11 is 0. The van der Waals surface area contributed by atoms with Gasteiger partial charge < -0.3 is 19.7 Å². The molecule has 6 nitrogen and oxygen atoms in total. The van der Waals surface area contributed by atoms with Crippen LogP contribution in [0.4, 0.5) is 5.69 Å². The summed E-state index contributed by atoms with van der Waals surface area (Å²) in [5.74, 6) is 1.28. The fourth-order valence-electron chi connectivity index (χ4n) is 3.03. The van der Waals surface area contributed by atoms with Crippen LogP contribution in [0.1, 0.15) is 18.9 Å². The summed E-state index contributed by atoms with van der Waals surface area (Å²) in [6.45, 7) is 2.60. The molecule has 0 unspecified atom stereocenters. The number of hydrogen-bond acceptors (Lipinski definition) is 4. The van der Waals surface area contributed by atoms with Gasteiger partial charge in [-0.2, -0.15) is 0 Å². The SMILES string of the molecule is COc1ccc(CCNC(=O)CCN2C(=O)[C@H](C)Oc3ccccc32)cc1. The standard InChI is InChI=1S/C21H24N2O4/c1-15-21(25)23(18-5-3-4-6-19(18)27-15)14-12-20(24)22-13-11-16-7-9-17(26-2)10-8-16/h3-10,15H,11-14H2,1-2H3,(H,22,24)/t15-/m0/s1. The van der Waals surface area contributed by atoms with Crippen molar-refractivity contribution in [3.63, 3.8) is 0 Å². The van der Waals surface area contributed by atoms with Gasteiger partial charge in [0.1, 0.15) is 11.5 Å². The number of hydrogen-bond donors (Lipinski definition) is 1. The van der Waals surface area contributed by atoms with Crippen LogP contribution < -0.4 is 19.7 Å². The monoisotopic (exact) mass is 368 g/mol. The van der Waals surface area contributed by atoms with E-state index in [1.807, 2.05) is 48.5 Å². The minimum absolute atomic E-state index is 0.0760. The summed E-state index contributed by atoms with van der Waals surface area (Å²) in [6, 6.07) is 15.2. The molecule has 1 heterocycles. The van der Waals surface area contributed by atoms with Gasteiger partial charge in [-0.1, -0.05) is 24.3 Å². The smallest absolute Gasteiger partial charge is 0.267 e. The summed E-state index contributed by atoms with van der Waals surface area (Å²) in [4.78, 5) is 26.2. The van der Waals surface area contributed by atoms with Gasteiger partial charge in [0.25, 0.3) is 5.91 Å². The molecule has 0 radical (unpaired) electrons. The Morgan fingerprint density at radius 2 is 1.93 bits per heavy atom. The van der Waals surface area contributed by atoms with E-state index in [1.54, 1.807) is 18.9 Å². The van der Waals surface area contributed by atoms with Gasteiger partial charge in [-0.25, -0.2) is 0 Å². The number of para-hydroxylation sites is 2. The average Bonchev–Trinajstić information content (AvgIpc) is 2.69. The number of rotatable bonds is 7. The van der Waals surface area contributed by atoms with Crippen molar-refractivity contribution < 1.29 is 19.1 Å². The van der Waals surface area contributed by atoms with Crippen molar-refractivity contribution in [2.75, 3.05) is 25.1 Å². The molecule has 142 valence electrons. The van der Waals surface area contributed by atoms with Gasteiger partial charge in [0.2, 0.25) is 5.91 Å². The minimum atomic E-state index is -0.543. The zero-order valence-electron chi connectivity index (χ0n) is 15.6. The largest absolute Gasteiger partial charge is 0.497 e. The number of nitrogens with one attached hydrogen (secondary N) is 1. The normalized spacial score (nSPS) is 15.7. The molecule has 1 N–H and O–H groups in total. The number of amides is 2. The summed E-state index contributed by atoms with van der Waals surface area (Å²) in [6.07, 6.45) is 0.444. The zero-order chi connectivity index (χ0) is 19.2. The summed E-state index contributed by atoms with van der Waals surface area (Å²) < 4.78 is 10.7. The molecule has 0 saturated carbocycles. The van der Waals surface area contributed by atoms with Crippen molar-refractivity contribution in [2.45, 2.75) is 25.9 Å². The predicted molar refractivity (Wildman–Crippen MR) is 103 cm³/mol. The Labute approximate surface area is 159 Å². The molecule has 0 bridgehead atoms. The maximum absolute atomic E-state index is 12.4. The summed E-state index contributed by atoms with van der Waals surface area (Å²) in [5.41, 5.74) is 1.84. The number of ether oxygens (including phenoxy) is 2. The first-order valence-electron chi connectivity index (χ1n) is 9.05. The highest BCUT2D eigenvalue weighted by atomic mass is 16.5. The Bertz CT molecular complexity index is 804. The van der Waals surface area contributed by atoms with Crippen LogP contribution in [0, 0.1) is 0 Å². The number of carbonyl (C=O) groups excluding carboxylic acids is 2. The van der Waals surface area contributed by atoms with Crippen molar-refractivity contribution in [2.24, 2.45) is 0 Å². The second-order valence-corrected chi connectivity index (χ2v) is 6.42. The van der Waals surface area contributed by atoms with Gasteiger partial charge in [0.05, 0.1) is 12.8 Å². The highest BCUT2D eigenvalue weighted by Gasteiger charge is 2.31. The molecule has 1 atom stereocenters. The molecular formula is C21H24N2O4. The number of nitrogens with zero attached hydrogens (tertiary/aromatic N) is 1. The Kier molecular flexibility index (Phi) is 5.96. The van der Waals surface area contributed by atoms with Crippen LogP contribution >= 0.6 is 0 Å². The minimum Gasteiger partial charge on any atom is -0.497 e. The maximum atomic E-state index is 12.4. The highest BCUT2D eigenvalue weighted by Crippen LogP contribution is 2.33. The van der Waals surface area contributed by atoms with Gasteiger partial charge in [-0.05, 0) is 43.2 Å². The van der Waals surface area contributed by atoms with Crippen LogP contribution in [-0.4, -0.2) is 38.1 Å². The maximum Gasteiger partial charge on any atom is 0.267 e. The predicted octanol–water partition coefficient (Wildman–Crippen LogP) is 2.56. The fourth-order valence-corrected chi connectivity index (χ4v) is 3.03. The topological polar surface area (TPSA) is 67.9 Å². The second kappa shape index (κ2) is 8.58. The molecule has 0 aliphatic carbocycles. The lowest BCUT2D eigenvalue weighted by atomic mass is 10.1. The van der Waals surface area contributed by atoms with E-state index >= 15 is 0 Å². The third-order valence-corrected chi connectivity index (χ3v) is 4.53. The van der Waals surface area contributed by atoms with E-state index in [4.69, 9.17) is 9.47 Å². The Morgan fingerprint density at radius 3 is 2.67 bits per heavy atom. The van der Waals surface area contributed by atoms with Gasteiger partial charge in [0.15, 0.2) is 6.10 Å². The van der Waals surface area contributed by atoms with Crippen molar-refractivity contribution in [3.05, 3.63) is 54.1 Å². The Hall–Kier alpha value is -3.02. The Morgan fingerprint density at radius 1 is 1.19 bits per heavy atom. The van der Waals surface area contributed by atoms with E-state index in [0.29, 0.717) is 24.5 Å². The quantitative estimate of drug-likeness (QED) is 0.816. The van der Waals surface area contributed by atoms with Crippen LogP contribution in [0.3, 0.4) is 0 Å². The lowest BCUT2D eigenvalue weighted by Crippen LogP contribution is -2.45. The summed E-state index contributed by atoms with van der Waals surface area (Å²) in [7, 11) is 1.63. The van der Waals surface area contributed by atoms with Gasteiger partial charge in [-0.3, -0.25) is 9.59 Å². The van der Waals surface area contributed by atoms with Crippen molar-refractivity contribution in [3.8, 4) is 11.5 Å². The molecule has 2 aromatic carbocycles. The highest BCUT2D eigenvalue weighted by molar-refractivity contribution is 6.00. The van der Waals surface area contributed by atoms with Gasteiger partial charge in [-0.15, -0.1) is 0 Å². The molecule has 0 spiro atoms. The van der Waals surface area contributed by atoms with Crippen LogP contribution in [-0.2, 0) is 16.0 Å². The van der Waals surface area contributed by atoms with E-state index in [2.05, 4.69) is 5.32 Å². The van der Waals surface area contributed by atoms with E-state index in [-0.39, 0.29) is 18.2 Å². The first-order chi connectivity index (χ1) is 13.1. The van der Waals surface area contributed by atoms with Crippen molar-refractivity contribution in [1.29, 1.82) is 0 Å². The van der Waals surface area contributed by atoms with Gasteiger partial charge >= 0.3 is 0 Å². The fraction of sp³-hybridized carbons (Fsp3) is 0.333. The number of fused-ring (bicyclic) bond motifs is 1. The van der Waals surface area contributed by atoms with Crippen LogP contribution in [0.25, 0.3) is 0 Å². The molecule has 1 aliphatic heterocycles. The molecule has 2 amide bonds. The van der Waals surface area contributed by atoms with Gasteiger partial charge in [0, 0.05) is 19.5 Å². The summed E-state index contributed by atoms with van der Waals surface area (Å²) in [5, 5.41) is 2.91. The van der Waals surface area contributed by atoms with Crippen LogP contribution in [0.2, 0.25) is 0 Å². The number of benzene rings is 2. The molecule has 1 aliphatic rings. The molecule has 27 heavy (non-hydrogen) atoms. The van der Waals surface area contributed by atoms with Crippen LogP contribution in [0.15, 0.2) is 48.5 Å². The lowest BCUT2D eigenvalue weighted by molar-refractivity contribution is -0.125. The average molecular weight is 368 g/mol. The van der Waals surface area contributed by atoms with E-state index in [1.165, 1.54) is 0 Å². The van der Waals surface area contributed by atoms with E-state index in [0.717, 1.165) is 17.7 Å². The lowest BCUT2D eigenvalue weighted by Gasteiger charge is -2.32. The third-order valence-electron chi connectivity index (χ3n) is 4.53. The first-order valence-corrected chi connectivity index (χ1v) is 9.05. The molecule has 0 saturated heterocycles. The third kappa shape index (κ3) is 4.58. The Balaban J connectivity index is 1.49. The number of methoxy groups -OCH3 is 1. The van der Waals surface area contributed by atoms with Crippen molar-refractivity contribution in [1.82, 2.24) is 5.32 Å². The number of carbonyl (C=O) groups is 2. The van der Waals surface area contributed by atoms with E-state index in [9.17, 15) is 9.59 Å². The van der Waals surface area contributed by atoms with Crippen molar-refractivity contribution >= 4 is 17.5 Å². The molecule has 0 fully saturated rings. The second-order valence-electron chi connectivity index (χ2n) is 6.42. The first kappa shape index (κ1) is 18.8. The molecule has 6 heteroatoms.